The molecule has 3 saturated carbocycles. The van der Waals surface area contributed by atoms with Crippen LogP contribution >= 0.6 is 11.8 Å². The SMILES string of the molecule is CSc1cc(NC(=O)c2c(C(F)(F)F)c(C3CC3)nn2CC23CCC(F)(F)C2C3)cc[n+]1C. The van der Waals surface area contributed by atoms with Gasteiger partial charge in [-0.2, -0.15) is 22.8 Å². The summed E-state index contributed by atoms with van der Waals surface area (Å²) in [4.78, 5) is 13.2. The van der Waals surface area contributed by atoms with Crippen molar-refractivity contribution in [3.8, 4) is 0 Å². The van der Waals surface area contributed by atoms with Crippen molar-refractivity contribution < 1.29 is 31.3 Å². The molecule has 5 nitrogen and oxygen atoms in total. The minimum absolute atomic E-state index is 0.106. The number of thioether (sulfide) groups is 1. The molecule has 1 N–H and O–H groups in total. The third-order valence-corrected chi connectivity index (χ3v) is 7.96. The number of pyridine rings is 1. The van der Waals surface area contributed by atoms with Gasteiger partial charge in [0.15, 0.2) is 6.20 Å². The highest BCUT2D eigenvalue weighted by Gasteiger charge is 2.70. The molecule has 2 unspecified atom stereocenters. The molecule has 178 valence electrons. The smallest absolute Gasteiger partial charge is 0.320 e. The summed E-state index contributed by atoms with van der Waals surface area (Å²) in [6.45, 7) is -0.106. The fourth-order valence-corrected chi connectivity index (χ4v) is 5.72. The van der Waals surface area contributed by atoms with Gasteiger partial charge in [-0.25, -0.2) is 8.78 Å². The fraction of sp³-hybridized carbons (Fsp3) is 0.591. The van der Waals surface area contributed by atoms with E-state index in [-0.39, 0.29) is 37.4 Å². The van der Waals surface area contributed by atoms with Gasteiger partial charge in [-0.15, -0.1) is 0 Å². The molecule has 0 spiro atoms. The molecule has 11 heteroatoms. The van der Waals surface area contributed by atoms with Crippen molar-refractivity contribution in [3.05, 3.63) is 35.3 Å². The van der Waals surface area contributed by atoms with Gasteiger partial charge < -0.3 is 5.32 Å². The van der Waals surface area contributed by atoms with E-state index in [4.69, 9.17) is 0 Å². The number of alkyl halides is 5. The molecule has 3 aliphatic rings. The molecule has 2 aromatic heterocycles. The van der Waals surface area contributed by atoms with Crippen LogP contribution in [0.5, 0.6) is 0 Å². The molecule has 5 rings (SSSR count). The minimum atomic E-state index is -4.78. The molecule has 0 aliphatic heterocycles. The maximum absolute atomic E-state index is 14.2. The van der Waals surface area contributed by atoms with Crippen LogP contribution in [0, 0.1) is 11.3 Å². The van der Waals surface area contributed by atoms with Crippen LogP contribution in [-0.4, -0.2) is 27.9 Å². The molecule has 33 heavy (non-hydrogen) atoms. The molecule has 3 fully saturated rings. The van der Waals surface area contributed by atoms with Gasteiger partial charge in [0.2, 0.25) is 5.03 Å². The van der Waals surface area contributed by atoms with Crippen molar-refractivity contribution in [2.45, 2.75) is 61.7 Å². The first-order valence-corrected chi connectivity index (χ1v) is 12.1. The van der Waals surface area contributed by atoms with Gasteiger partial charge >= 0.3 is 6.18 Å². The topological polar surface area (TPSA) is 50.8 Å². The van der Waals surface area contributed by atoms with Crippen molar-refractivity contribution in [2.24, 2.45) is 18.4 Å². The minimum Gasteiger partial charge on any atom is -0.320 e. The van der Waals surface area contributed by atoms with Gasteiger partial charge in [0.1, 0.15) is 18.3 Å². The number of anilines is 1. The van der Waals surface area contributed by atoms with Crippen molar-refractivity contribution in [1.82, 2.24) is 9.78 Å². The Kier molecular flexibility index (Phi) is 5.08. The third-order valence-electron chi connectivity index (χ3n) is 7.13. The van der Waals surface area contributed by atoms with E-state index in [1.54, 1.807) is 18.3 Å². The van der Waals surface area contributed by atoms with Gasteiger partial charge in [-0.3, -0.25) is 9.48 Å². The quantitative estimate of drug-likeness (QED) is 0.354. The largest absolute Gasteiger partial charge is 0.420 e. The van der Waals surface area contributed by atoms with Gasteiger partial charge in [-0.05, 0) is 37.4 Å². The molecule has 0 saturated heterocycles. The number of nitrogens with one attached hydrogen (secondary N) is 1. The second kappa shape index (κ2) is 7.41. The van der Waals surface area contributed by atoms with E-state index in [0.29, 0.717) is 18.5 Å². The maximum Gasteiger partial charge on any atom is 0.420 e. The molecule has 2 heterocycles. The van der Waals surface area contributed by atoms with E-state index in [1.807, 2.05) is 17.9 Å². The summed E-state index contributed by atoms with van der Waals surface area (Å²) >= 11 is 1.43. The van der Waals surface area contributed by atoms with Crippen LogP contribution in [0.1, 0.15) is 59.8 Å². The van der Waals surface area contributed by atoms with E-state index in [9.17, 15) is 26.7 Å². The number of nitrogens with zero attached hydrogens (tertiary/aromatic N) is 3. The zero-order chi connectivity index (χ0) is 23.8. The summed E-state index contributed by atoms with van der Waals surface area (Å²) in [6.07, 6.45) is 0.0941. The first-order chi connectivity index (χ1) is 15.4. The monoisotopic (exact) mass is 487 g/mol. The first-order valence-electron chi connectivity index (χ1n) is 10.9. The Bertz CT molecular complexity index is 1130. The number of carbonyl (C=O) groups is 1. The number of amides is 1. The van der Waals surface area contributed by atoms with E-state index in [0.717, 1.165) is 9.71 Å². The lowest BCUT2D eigenvalue weighted by molar-refractivity contribution is -0.708. The average Bonchev–Trinajstić information content (AvgIpc) is 3.63. The number of rotatable bonds is 6. The summed E-state index contributed by atoms with van der Waals surface area (Å²) in [5.74, 6) is -4.95. The zero-order valence-electron chi connectivity index (χ0n) is 18.2. The van der Waals surface area contributed by atoms with Gasteiger partial charge in [0.25, 0.3) is 11.8 Å². The Morgan fingerprint density at radius 2 is 2.06 bits per heavy atom. The Morgan fingerprint density at radius 1 is 1.33 bits per heavy atom. The molecule has 0 bridgehead atoms. The van der Waals surface area contributed by atoms with E-state index in [1.165, 1.54) is 11.8 Å². The Morgan fingerprint density at radius 3 is 2.61 bits per heavy atom. The molecular weight excluding hydrogens is 463 g/mol. The summed E-state index contributed by atoms with van der Waals surface area (Å²) < 4.78 is 73.6. The first kappa shape index (κ1) is 22.6. The predicted octanol–water partition coefficient (Wildman–Crippen LogP) is 5.01. The molecule has 2 aromatic rings. The van der Waals surface area contributed by atoms with Crippen molar-refractivity contribution in [1.29, 1.82) is 0 Å². The second-order valence-electron chi connectivity index (χ2n) is 9.44. The maximum atomic E-state index is 14.2. The average molecular weight is 488 g/mol. The Balaban J connectivity index is 1.54. The third kappa shape index (κ3) is 3.91. The number of hydrogen-bond donors (Lipinski definition) is 1. The van der Waals surface area contributed by atoms with Crippen LogP contribution in [0.2, 0.25) is 0 Å². The van der Waals surface area contributed by atoms with Crippen LogP contribution in [0.4, 0.5) is 27.6 Å². The van der Waals surface area contributed by atoms with Crippen molar-refractivity contribution in [2.75, 3.05) is 11.6 Å². The molecule has 1 amide bonds. The molecule has 0 radical (unpaired) electrons. The van der Waals surface area contributed by atoms with Crippen LogP contribution < -0.4 is 9.88 Å². The number of fused-ring (bicyclic) bond motifs is 1. The number of carbonyl (C=O) groups excluding carboxylic acids is 1. The predicted molar refractivity (Wildman–Crippen MR) is 111 cm³/mol. The Hall–Kier alpha value is -2.17. The van der Waals surface area contributed by atoms with Crippen LogP contribution in [0.3, 0.4) is 0 Å². The molecule has 2 atom stereocenters. The van der Waals surface area contributed by atoms with Crippen LogP contribution in [0.15, 0.2) is 23.4 Å². The number of hydrogen-bond acceptors (Lipinski definition) is 3. The van der Waals surface area contributed by atoms with E-state index in [2.05, 4.69) is 10.4 Å². The van der Waals surface area contributed by atoms with Crippen LogP contribution in [0.25, 0.3) is 0 Å². The summed E-state index contributed by atoms with van der Waals surface area (Å²) in [5.41, 5.74) is -2.20. The normalized spacial score (nSPS) is 25.7. The van der Waals surface area contributed by atoms with Crippen molar-refractivity contribution in [3.63, 3.8) is 0 Å². The highest BCUT2D eigenvalue weighted by Crippen LogP contribution is 2.70. The molecular formula is C22H24F5N4OS+. The summed E-state index contributed by atoms with van der Waals surface area (Å²) in [5, 5.41) is 7.60. The highest BCUT2D eigenvalue weighted by molar-refractivity contribution is 7.98. The zero-order valence-corrected chi connectivity index (χ0v) is 19.0. The van der Waals surface area contributed by atoms with Crippen LogP contribution in [-0.2, 0) is 19.8 Å². The van der Waals surface area contributed by atoms with Gasteiger partial charge in [0.05, 0.1) is 11.4 Å². The Labute approximate surface area is 191 Å². The lowest BCUT2D eigenvalue weighted by Gasteiger charge is -2.16. The van der Waals surface area contributed by atoms with E-state index < -0.39 is 40.6 Å². The molecule has 0 aromatic carbocycles. The fourth-order valence-electron chi connectivity index (χ4n) is 5.13. The number of aromatic nitrogens is 3. The summed E-state index contributed by atoms with van der Waals surface area (Å²) in [6, 6.07) is 3.27. The lowest BCUT2D eigenvalue weighted by atomic mass is 10.0. The lowest BCUT2D eigenvalue weighted by Crippen LogP contribution is -2.30. The number of aryl methyl sites for hydroxylation is 1. The summed E-state index contributed by atoms with van der Waals surface area (Å²) in [7, 11) is 1.82. The van der Waals surface area contributed by atoms with Crippen molar-refractivity contribution >= 4 is 23.4 Å². The van der Waals surface area contributed by atoms with Gasteiger partial charge in [-0.1, -0.05) is 11.8 Å². The number of halogens is 5. The standard InChI is InChI=1S/C22H23F5N4OS/c1-30-8-5-13(9-15(30)33-2)28-19(32)18-16(22(25,26)27)17(12-3-4-12)29-31(18)11-20-6-7-21(23,24)14(20)10-20/h5,8-9,12,14H,3-4,6-7,10-11H2,1-2H3/p+1. The van der Waals surface area contributed by atoms with Gasteiger partial charge in [0, 0.05) is 36.9 Å². The molecule has 3 aliphatic carbocycles. The van der Waals surface area contributed by atoms with E-state index >= 15 is 0 Å². The second-order valence-corrected chi connectivity index (χ2v) is 10.3. The highest BCUT2D eigenvalue weighted by atomic mass is 32.2.